The third kappa shape index (κ3) is 2.35. The Morgan fingerprint density at radius 2 is 2.24 bits per heavy atom. The molecule has 0 saturated carbocycles. The Balaban J connectivity index is 2.11. The molecule has 0 spiro atoms. The van der Waals surface area contributed by atoms with Crippen LogP contribution in [-0.4, -0.2) is 21.6 Å². The van der Waals surface area contributed by atoms with E-state index in [1.165, 1.54) is 4.88 Å². The van der Waals surface area contributed by atoms with Crippen molar-refractivity contribution in [3.8, 4) is 5.75 Å². The van der Waals surface area contributed by atoms with Gasteiger partial charge < -0.3 is 15.0 Å². The van der Waals surface area contributed by atoms with E-state index in [-0.39, 0.29) is 6.04 Å². The van der Waals surface area contributed by atoms with Crippen LogP contribution in [0.2, 0.25) is 0 Å². The van der Waals surface area contributed by atoms with Crippen molar-refractivity contribution in [3.05, 3.63) is 34.3 Å². The van der Waals surface area contributed by atoms with Crippen LogP contribution in [0.25, 0.3) is 11.0 Å². The van der Waals surface area contributed by atoms with Gasteiger partial charge in [-0.15, -0.1) is 11.3 Å². The predicted octanol–water partition coefficient (Wildman–Crippen LogP) is 3.26. The van der Waals surface area contributed by atoms with Gasteiger partial charge in [0.05, 0.1) is 24.2 Å². The SMILES string of the molecule is CCc1cnc(C(C)n2c(N)nc3ccc(OC)cc32)s1. The number of imidazole rings is 1. The zero-order valence-corrected chi connectivity index (χ0v) is 13.1. The van der Waals surface area contributed by atoms with Crippen LogP contribution in [0.1, 0.15) is 29.8 Å². The van der Waals surface area contributed by atoms with Crippen LogP contribution in [0, 0.1) is 0 Å². The molecule has 110 valence electrons. The molecular weight excluding hydrogens is 284 g/mol. The van der Waals surface area contributed by atoms with Gasteiger partial charge in [0, 0.05) is 17.1 Å². The Morgan fingerprint density at radius 1 is 1.43 bits per heavy atom. The van der Waals surface area contributed by atoms with Crippen molar-refractivity contribution in [2.24, 2.45) is 0 Å². The van der Waals surface area contributed by atoms with Crippen LogP contribution >= 0.6 is 11.3 Å². The fourth-order valence-corrected chi connectivity index (χ4v) is 3.31. The van der Waals surface area contributed by atoms with Crippen LogP contribution in [0.4, 0.5) is 5.95 Å². The number of nitrogens with two attached hydrogens (primary N) is 1. The summed E-state index contributed by atoms with van der Waals surface area (Å²) in [6, 6.07) is 5.83. The second kappa shape index (κ2) is 5.37. The highest BCUT2D eigenvalue weighted by Crippen LogP contribution is 2.31. The molecule has 0 aliphatic heterocycles. The average Bonchev–Trinajstić information content (AvgIpc) is 3.09. The van der Waals surface area contributed by atoms with Crippen LogP contribution in [0.5, 0.6) is 5.75 Å². The number of thiazole rings is 1. The van der Waals surface area contributed by atoms with Gasteiger partial charge in [-0.1, -0.05) is 6.92 Å². The summed E-state index contributed by atoms with van der Waals surface area (Å²) in [7, 11) is 1.66. The van der Waals surface area contributed by atoms with Gasteiger partial charge in [-0.25, -0.2) is 9.97 Å². The number of ether oxygens (including phenoxy) is 1. The molecule has 0 radical (unpaired) electrons. The van der Waals surface area contributed by atoms with Gasteiger partial charge in [0.25, 0.3) is 0 Å². The predicted molar refractivity (Wildman–Crippen MR) is 86.0 cm³/mol. The van der Waals surface area contributed by atoms with E-state index in [9.17, 15) is 0 Å². The van der Waals surface area contributed by atoms with E-state index in [0.717, 1.165) is 28.2 Å². The van der Waals surface area contributed by atoms with Crippen molar-refractivity contribution in [2.45, 2.75) is 26.3 Å². The molecule has 0 bridgehead atoms. The molecule has 3 rings (SSSR count). The van der Waals surface area contributed by atoms with Crippen molar-refractivity contribution in [1.29, 1.82) is 0 Å². The lowest BCUT2D eigenvalue weighted by Gasteiger charge is -2.13. The second-order valence-corrected chi connectivity index (χ2v) is 6.04. The lowest BCUT2D eigenvalue weighted by atomic mass is 10.2. The fraction of sp³-hybridized carbons (Fsp3) is 0.333. The molecule has 5 nitrogen and oxygen atoms in total. The summed E-state index contributed by atoms with van der Waals surface area (Å²) in [5, 5.41) is 1.04. The van der Waals surface area contributed by atoms with Crippen LogP contribution < -0.4 is 10.5 Å². The summed E-state index contributed by atoms with van der Waals surface area (Å²) in [4.78, 5) is 10.2. The van der Waals surface area contributed by atoms with Gasteiger partial charge in [0.1, 0.15) is 10.8 Å². The molecule has 0 aliphatic rings. The maximum absolute atomic E-state index is 6.11. The molecule has 21 heavy (non-hydrogen) atoms. The Hall–Kier alpha value is -2.08. The zero-order chi connectivity index (χ0) is 15.0. The van der Waals surface area contributed by atoms with Crippen molar-refractivity contribution >= 4 is 28.3 Å². The summed E-state index contributed by atoms with van der Waals surface area (Å²) in [6.45, 7) is 4.23. The number of benzene rings is 1. The summed E-state index contributed by atoms with van der Waals surface area (Å²) >= 11 is 1.72. The van der Waals surface area contributed by atoms with Crippen molar-refractivity contribution in [2.75, 3.05) is 12.8 Å². The van der Waals surface area contributed by atoms with E-state index in [1.54, 1.807) is 18.4 Å². The van der Waals surface area contributed by atoms with Crippen molar-refractivity contribution in [3.63, 3.8) is 0 Å². The molecule has 0 amide bonds. The minimum absolute atomic E-state index is 0.0485. The molecule has 3 aromatic rings. The van der Waals surface area contributed by atoms with Crippen LogP contribution in [0.15, 0.2) is 24.4 Å². The number of aryl methyl sites for hydroxylation is 1. The van der Waals surface area contributed by atoms with Gasteiger partial charge in [0.2, 0.25) is 5.95 Å². The Bertz CT molecular complexity index is 777. The molecule has 0 saturated heterocycles. The van der Waals surface area contributed by atoms with E-state index < -0.39 is 0 Å². The maximum Gasteiger partial charge on any atom is 0.201 e. The molecule has 1 atom stereocenters. The molecule has 1 unspecified atom stereocenters. The normalized spacial score (nSPS) is 12.7. The topological polar surface area (TPSA) is 66.0 Å². The smallest absolute Gasteiger partial charge is 0.201 e. The minimum atomic E-state index is 0.0485. The first-order valence-corrected chi connectivity index (χ1v) is 7.71. The first kappa shape index (κ1) is 13.9. The van der Waals surface area contributed by atoms with E-state index in [1.807, 2.05) is 29.0 Å². The molecule has 2 heterocycles. The Kier molecular flexibility index (Phi) is 3.55. The maximum atomic E-state index is 6.11. The number of hydrogen-bond acceptors (Lipinski definition) is 5. The first-order chi connectivity index (χ1) is 10.1. The number of methoxy groups -OCH3 is 1. The number of rotatable bonds is 4. The quantitative estimate of drug-likeness (QED) is 0.803. The van der Waals surface area contributed by atoms with Gasteiger partial charge in [0.15, 0.2) is 0 Å². The number of nitrogen functional groups attached to an aromatic ring is 1. The highest BCUT2D eigenvalue weighted by atomic mass is 32.1. The van der Waals surface area contributed by atoms with Gasteiger partial charge >= 0.3 is 0 Å². The zero-order valence-electron chi connectivity index (χ0n) is 12.3. The Morgan fingerprint density at radius 3 is 2.90 bits per heavy atom. The molecule has 2 N–H and O–H groups in total. The van der Waals surface area contributed by atoms with Crippen molar-refractivity contribution < 1.29 is 4.74 Å². The largest absolute Gasteiger partial charge is 0.497 e. The molecule has 2 aromatic heterocycles. The van der Waals surface area contributed by atoms with E-state index in [0.29, 0.717) is 5.95 Å². The highest BCUT2D eigenvalue weighted by Gasteiger charge is 2.18. The second-order valence-electron chi connectivity index (χ2n) is 4.89. The van der Waals surface area contributed by atoms with E-state index >= 15 is 0 Å². The molecule has 0 aliphatic carbocycles. The number of aromatic nitrogens is 3. The third-order valence-electron chi connectivity index (χ3n) is 3.59. The molecule has 6 heteroatoms. The first-order valence-electron chi connectivity index (χ1n) is 6.90. The molecule has 1 aromatic carbocycles. The minimum Gasteiger partial charge on any atom is -0.497 e. The number of hydrogen-bond donors (Lipinski definition) is 1. The lowest BCUT2D eigenvalue weighted by Crippen LogP contribution is -2.09. The monoisotopic (exact) mass is 302 g/mol. The summed E-state index contributed by atoms with van der Waals surface area (Å²) < 4.78 is 7.31. The fourth-order valence-electron chi connectivity index (χ4n) is 2.42. The Labute approximate surface area is 127 Å². The van der Waals surface area contributed by atoms with Crippen LogP contribution in [-0.2, 0) is 6.42 Å². The highest BCUT2D eigenvalue weighted by molar-refractivity contribution is 7.11. The van der Waals surface area contributed by atoms with E-state index in [4.69, 9.17) is 10.5 Å². The average molecular weight is 302 g/mol. The summed E-state index contributed by atoms with van der Waals surface area (Å²) in [6.07, 6.45) is 2.94. The van der Waals surface area contributed by atoms with Gasteiger partial charge in [-0.3, -0.25) is 0 Å². The number of fused-ring (bicyclic) bond motifs is 1. The van der Waals surface area contributed by atoms with Crippen molar-refractivity contribution in [1.82, 2.24) is 14.5 Å². The number of nitrogens with zero attached hydrogens (tertiary/aromatic N) is 3. The number of anilines is 1. The standard InChI is InChI=1S/C15H18N4OS/c1-4-11-8-17-14(21-11)9(2)19-13-7-10(20-3)5-6-12(13)18-15(19)16/h5-9H,4H2,1-3H3,(H2,16,18). The third-order valence-corrected chi connectivity index (χ3v) is 4.90. The van der Waals surface area contributed by atoms with Gasteiger partial charge in [-0.05, 0) is 25.5 Å². The van der Waals surface area contributed by atoms with E-state index in [2.05, 4.69) is 23.8 Å². The van der Waals surface area contributed by atoms with Crippen LogP contribution in [0.3, 0.4) is 0 Å². The molecule has 0 fully saturated rings. The lowest BCUT2D eigenvalue weighted by molar-refractivity contribution is 0.415. The van der Waals surface area contributed by atoms with Gasteiger partial charge in [-0.2, -0.15) is 0 Å². The molecular formula is C15H18N4OS. The summed E-state index contributed by atoms with van der Waals surface area (Å²) in [5.41, 5.74) is 7.94. The summed E-state index contributed by atoms with van der Waals surface area (Å²) in [5.74, 6) is 1.29.